The zero-order valence-corrected chi connectivity index (χ0v) is 5.61. The molecule has 0 rings (SSSR count). The standard InChI is InChI=1S/C6H6O5/c1-3-9-5(7)11-6(8)10-4-2/h3-4H,1-2H2. The topological polar surface area (TPSA) is 61.8 Å². The Morgan fingerprint density at radius 2 is 1.36 bits per heavy atom. The van der Waals surface area contributed by atoms with Gasteiger partial charge < -0.3 is 14.2 Å². The van der Waals surface area contributed by atoms with E-state index >= 15 is 0 Å². The number of rotatable bonds is 2. The van der Waals surface area contributed by atoms with Crippen LogP contribution in [0.1, 0.15) is 0 Å². The van der Waals surface area contributed by atoms with Crippen molar-refractivity contribution in [2.45, 2.75) is 0 Å². The molecule has 0 unspecified atom stereocenters. The minimum atomic E-state index is -1.20. The molecule has 0 saturated carbocycles. The second-order valence-corrected chi connectivity index (χ2v) is 1.17. The molecule has 0 aliphatic heterocycles. The smallest absolute Gasteiger partial charge is 0.403 e. The summed E-state index contributed by atoms with van der Waals surface area (Å²) in [6, 6.07) is 0. The molecule has 0 aliphatic rings. The van der Waals surface area contributed by atoms with Crippen LogP contribution in [0, 0.1) is 0 Å². The van der Waals surface area contributed by atoms with Crippen LogP contribution in [0.25, 0.3) is 0 Å². The number of carbonyl (C=O) groups is 2. The largest absolute Gasteiger partial charge is 0.523 e. The predicted molar refractivity (Wildman–Crippen MR) is 34.4 cm³/mol. The van der Waals surface area contributed by atoms with Crippen molar-refractivity contribution in [2.75, 3.05) is 0 Å². The van der Waals surface area contributed by atoms with Gasteiger partial charge >= 0.3 is 12.3 Å². The normalized spacial score (nSPS) is 7.64. The van der Waals surface area contributed by atoms with Gasteiger partial charge in [0.05, 0.1) is 12.5 Å². The second kappa shape index (κ2) is 5.04. The van der Waals surface area contributed by atoms with Crippen molar-refractivity contribution >= 4 is 12.3 Å². The van der Waals surface area contributed by atoms with Gasteiger partial charge in [0.15, 0.2) is 0 Å². The first kappa shape index (κ1) is 9.22. The number of hydrogen-bond acceptors (Lipinski definition) is 5. The van der Waals surface area contributed by atoms with E-state index in [4.69, 9.17) is 0 Å². The van der Waals surface area contributed by atoms with Crippen LogP contribution < -0.4 is 0 Å². The Kier molecular flexibility index (Phi) is 4.22. The van der Waals surface area contributed by atoms with Gasteiger partial charge in [0.1, 0.15) is 0 Å². The zero-order valence-electron chi connectivity index (χ0n) is 5.61. The van der Waals surface area contributed by atoms with Gasteiger partial charge in [0, 0.05) is 0 Å². The highest BCUT2D eigenvalue weighted by atomic mass is 16.8. The van der Waals surface area contributed by atoms with Gasteiger partial charge in [-0.2, -0.15) is 0 Å². The molecule has 0 heterocycles. The lowest BCUT2D eigenvalue weighted by molar-refractivity contribution is 0.0718. The molecule has 0 spiro atoms. The molecule has 0 aromatic heterocycles. The van der Waals surface area contributed by atoms with Crippen LogP contribution in [0.3, 0.4) is 0 Å². The van der Waals surface area contributed by atoms with E-state index < -0.39 is 12.3 Å². The fourth-order valence-corrected chi connectivity index (χ4v) is 0.252. The summed E-state index contributed by atoms with van der Waals surface area (Å²) in [5.74, 6) is 0. The molecule has 0 saturated heterocycles. The Labute approximate surface area is 62.8 Å². The molecule has 5 heteroatoms. The molecule has 0 radical (unpaired) electrons. The van der Waals surface area contributed by atoms with Crippen LogP contribution >= 0.6 is 0 Å². The third kappa shape index (κ3) is 4.71. The average molecular weight is 158 g/mol. The minimum absolute atomic E-state index is 0.823. The summed E-state index contributed by atoms with van der Waals surface area (Å²) in [4.78, 5) is 20.6. The van der Waals surface area contributed by atoms with Crippen molar-refractivity contribution in [3.8, 4) is 0 Å². The Bertz CT molecular complexity index is 163. The maximum atomic E-state index is 10.3. The van der Waals surface area contributed by atoms with Gasteiger partial charge in [0.25, 0.3) is 0 Å². The molecule has 60 valence electrons. The summed E-state index contributed by atoms with van der Waals surface area (Å²) < 4.78 is 11.9. The van der Waals surface area contributed by atoms with Crippen LogP contribution in [0.15, 0.2) is 25.7 Å². The van der Waals surface area contributed by atoms with Crippen molar-refractivity contribution in [3.63, 3.8) is 0 Å². The predicted octanol–water partition coefficient (Wildman–Crippen LogP) is 1.56. The lowest BCUT2D eigenvalue weighted by Crippen LogP contribution is -2.10. The molecule has 0 atom stereocenters. The van der Waals surface area contributed by atoms with Gasteiger partial charge in [-0.15, -0.1) is 0 Å². The van der Waals surface area contributed by atoms with Crippen LogP contribution in [-0.4, -0.2) is 12.3 Å². The molecule has 11 heavy (non-hydrogen) atoms. The van der Waals surface area contributed by atoms with Crippen LogP contribution in [-0.2, 0) is 14.2 Å². The number of ether oxygens (including phenoxy) is 3. The van der Waals surface area contributed by atoms with E-state index in [9.17, 15) is 9.59 Å². The lowest BCUT2D eigenvalue weighted by atomic mass is 11.1. The highest BCUT2D eigenvalue weighted by Crippen LogP contribution is 1.90. The van der Waals surface area contributed by atoms with E-state index in [0.29, 0.717) is 0 Å². The summed E-state index contributed by atoms with van der Waals surface area (Å²) in [6.45, 7) is 6.12. The van der Waals surface area contributed by atoms with Crippen LogP contribution in [0.5, 0.6) is 0 Å². The lowest BCUT2D eigenvalue weighted by Gasteiger charge is -1.97. The van der Waals surface area contributed by atoms with Gasteiger partial charge in [-0.25, -0.2) is 9.59 Å². The molecular weight excluding hydrogens is 152 g/mol. The molecule has 0 aromatic carbocycles. The first-order valence-corrected chi connectivity index (χ1v) is 2.51. The van der Waals surface area contributed by atoms with Crippen molar-refractivity contribution in [3.05, 3.63) is 25.7 Å². The van der Waals surface area contributed by atoms with E-state index in [1.165, 1.54) is 0 Å². The Morgan fingerprint density at radius 1 is 1.00 bits per heavy atom. The molecule has 5 nitrogen and oxygen atoms in total. The average Bonchev–Trinajstić information content (AvgIpc) is 1.87. The van der Waals surface area contributed by atoms with Crippen LogP contribution in [0.2, 0.25) is 0 Å². The highest BCUT2D eigenvalue weighted by molar-refractivity contribution is 5.77. The fourth-order valence-electron chi connectivity index (χ4n) is 0.252. The monoisotopic (exact) mass is 158 g/mol. The van der Waals surface area contributed by atoms with Gasteiger partial charge in [-0.05, 0) is 0 Å². The molecule has 0 bridgehead atoms. The maximum absolute atomic E-state index is 10.3. The van der Waals surface area contributed by atoms with E-state index in [0.717, 1.165) is 12.5 Å². The molecule has 0 aliphatic carbocycles. The van der Waals surface area contributed by atoms with Gasteiger partial charge in [-0.3, -0.25) is 0 Å². The Hall–Kier alpha value is -1.78. The zero-order chi connectivity index (χ0) is 8.69. The van der Waals surface area contributed by atoms with Crippen LogP contribution in [0.4, 0.5) is 9.59 Å². The molecule has 0 aromatic rings. The molecule has 0 amide bonds. The summed E-state index contributed by atoms with van der Waals surface area (Å²) in [7, 11) is 0. The molecule has 0 fully saturated rings. The highest BCUT2D eigenvalue weighted by Gasteiger charge is 2.09. The van der Waals surface area contributed by atoms with E-state index in [2.05, 4.69) is 27.4 Å². The van der Waals surface area contributed by atoms with E-state index in [1.807, 2.05) is 0 Å². The summed E-state index contributed by atoms with van der Waals surface area (Å²) in [6.07, 6.45) is -0.758. The SMILES string of the molecule is C=COC(=O)OC(=O)OC=C. The quantitative estimate of drug-likeness (QED) is 0.346. The number of hydrogen-bond donors (Lipinski definition) is 0. The first-order valence-electron chi connectivity index (χ1n) is 2.51. The van der Waals surface area contributed by atoms with Crippen molar-refractivity contribution in [1.82, 2.24) is 0 Å². The third-order valence-corrected chi connectivity index (χ3v) is 0.526. The summed E-state index contributed by atoms with van der Waals surface area (Å²) in [5, 5.41) is 0. The van der Waals surface area contributed by atoms with E-state index in [-0.39, 0.29) is 0 Å². The third-order valence-electron chi connectivity index (χ3n) is 0.526. The maximum Gasteiger partial charge on any atom is 0.523 e. The van der Waals surface area contributed by atoms with Gasteiger partial charge in [-0.1, -0.05) is 13.2 Å². The van der Waals surface area contributed by atoms with Crippen molar-refractivity contribution in [1.29, 1.82) is 0 Å². The summed E-state index contributed by atoms with van der Waals surface area (Å²) in [5.41, 5.74) is 0. The fraction of sp³-hybridized carbons (Fsp3) is 0. The summed E-state index contributed by atoms with van der Waals surface area (Å²) >= 11 is 0. The van der Waals surface area contributed by atoms with Gasteiger partial charge in [0.2, 0.25) is 0 Å². The Morgan fingerprint density at radius 3 is 1.64 bits per heavy atom. The van der Waals surface area contributed by atoms with E-state index in [1.54, 1.807) is 0 Å². The molecule has 0 N–H and O–H groups in total. The minimum Gasteiger partial charge on any atom is -0.403 e. The first-order chi connectivity index (χ1) is 5.20. The van der Waals surface area contributed by atoms with Crippen molar-refractivity contribution < 1.29 is 23.8 Å². The Balaban J connectivity index is 3.65. The van der Waals surface area contributed by atoms with Crippen molar-refractivity contribution in [2.24, 2.45) is 0 Å². The number of carbonyl (C=O) groups excluding carboxylic acids is 2. The second-order valence-electron chi connectivity index (χ2n) is 1.17. The molecular formula is C6H6O5.